The maximum Gasteiger partial charge on any atom is 0.319 e. The van der Waals surface area contributed by atoms with E-state index >= 15 is 0 Å². The summed E-state index contributed by atoms with van der Waals surface area (Å²) in [5, 5.41) is 5.62. The molecule has 35 heavy (non-hydrogen) atoms. The predicted octanol–water partition coefficient (Wildman–Crippen LogP) is 5.31. The number of anilines is 2. The van der Waals surface area contributed by atoms with Gasteiger partial charge >= 0.3 is 6.03 Å². The van der Waals surface area contributed by atoms with Gasteiger partial charge < -0.3 is 25.2 Å². The molecule has 0 radical (unpaired) electrons. The molecule has 0 heterocycles. The first kappa shape index (κ1) is 25.6. The third-order valence-corrected chi connectivity index (χ3v) is 5.84. The van der Waals surface area contributed by atoms with Crippen LogP contribution in [-0.2, 0) is 6.54 Å². The van der Waals surface area contributed by atoms with E-state index in [2.05, 4.69) is 10.6 Å². The summed E-state index contributed by atoms with van der Waals surface area (Å²) in [6, 6.07) is 22.4. The van der Waals surface area contributed by atoms with Crippen LogP contribution in [0.15, 0.2) is 72.8 Å². The van der Waals surface area contributed by atoms with Crippen molar-refractivity contribution in [2.24, 2.45) is 0 Å². The number of nitrogens with one attached hydrogen (secondary N) is 2. The maximum absolute atomic E-state index is 13.8. The molecule has 2 N–H and O–H groups in total. The number of nitrogens with zero attached hydrogens (tertiary/aromatic N) is 2. The highest BCUT2D eigenvalue weighted by Gasteiger charge is 2.25. The van der Waals surface area contributed by atoms with Crippen LogP contribution >= 0.6 is 0 Å². The number of benzene rings is 3. The molecule has 0 saturated carbocycles. The maximum atomic E-state index is 13.8. The topological polar surface area (TPSA) is 73.9 Å². The molecule has 7 heteroatoms. The Kier molecular flexibility index (Phi) is 8.73. The third-order valence-electron chi connectivity index (χ3n) is 5.84. The summed E-state index contributed by atoms with van der Waals surface area (Å²) in [4.78, 5) is 29.7. The fourth-order valence-electron chi connectivity index (χ4n) is 3.94. The Bertz CT molecular complexity index is 1130. The summed E-state index contributed by atoms with van der Waals surface area (Å²) < 4.78 is 5.26. The first-order valence-corrected chi connectivity index (χ1v) is 11.7. The number of hydrogen-bond acceptors (Lipinski definition) is 4. The standard InChI is InChI=1S/C28H34N4O3/c1-6-29-28(34)30-24-14-17-26(31(3)4)23(18-24)19-32(20(2)21-10-8-7-9-11-21)27(33)22-12-15-25(35-5)16-13-22/h7-18,20H,6,19H2,1-5H3,(H2,29,30,34). The van der Waals surface area contributed by atoms with Crippen molar-refractivity contribution in [1.82, 2.24) is 10.2 Å². The minimum atomic E-state index is -0.264. The first-order chi connectivity index (χ1) is 16.8. The molecule has 1 unspecified atom stereocenters. The third kappa shape index (κ3) is 6.53. The van der Waals surface area contributed by atoms with Gasteiger partial charge in [0, 0.05) is 44.1 Å². The molecule has 0 spiro atoms. The number of ether oxygens (including phenoxy) is 1. The van der Waals surface area contributed by atoms with Crippen molar-refractivity contribution in [2.45, 2.75) is 26.4 Å². The van der Waals surface area contributed by atoms with Crippen molar-refractivity contribution >= 4 is 23.3 Å². The van der Waals surface area contributed by atoms with Crippen LogP contribution < -0.4 is 20.3 Å². The fourth-order valence-corrected chi connectivity index (χ4v) is 3.94. The SMILES string of the molecule is CCNC(=O)Nc1ccc(N(C)C)c(CN(C(=O)c2ccc(OC)cc2)C(C)c2ccccc2)c1. The number of hydrogen-bond donors (Lipinski definition) is 2. The molecule has 3 amide bonds. The van der Waals surface area contributed by atoms with Crippen LogP contribution in [0.4, 0.5) is 16.2 Å². The molecule has 3 aromatic rings. The molecule has 184 valence electrons. The van der Waals surface area contributed by atoms with Gasteiger partial charge in [-0.2, -0.15) is 0 Å². The lowest BCUT2D eigenvalue weighted by Gasteiger charge is -2.32. The second-order valence-corrected chi connectivity index (χ2v) is 8.47. The molecule has 0 aliphatic carbocycles. The molecule has 3 rings (SSSR count). The summed E-state index contributed by atoms with van der Waals surface area (Å²) >= 11 is 0. The van der Waals surface area contributed by atoms with Crippen molar-refractivity contribution in [2.75, 3.05) is 38.0 Å². The number of carbonyl (C=O) groups excluding carboxylic acids is 2. The number of urea groups is 1. The number of methoxy groups -OCH3 is 1. The van der Waals surface area contributed by atoms with Gasteiger partial charge in [-0.25, -0.2) is 4.79 Å². The Morgan fingerprint density at radius 1 is 0.971 bits per heavy atom. The second-order valence-electron chi connectivity index (χ2n) is 8.47. The molecule has 1 atom stereocenters. The number of rotatable bonds is 9. The van der Waals surface area contributed by atoms with Crippen LogP contribution in [0, 0.1) is 0 Å². The molecular formula is C28H34N4O3. The van der Waals surface area contributed by atoms with Gasteiger partial charge in [0.2, 0.25) is 0 Å². The summed E-state index contributed by atoms with van der Waals surface area (Å²) in [7, 11) is 5.53. The van der Waals surface area contributed by atoms with Crippen LogP contribution in [0.3, 0.4) is 0 Å². The predicted molar refractivity (Wildman–Crippen MR) is 141 cm³/mol. The highest BCUT2D eigenvalue weighted by atomic mass is 16.5. The summed E-state index contributed by atoms with van der Waals surface area (Å²) in [6.45, 7) is 4.79. The van der Waals surface area contributed by atoms with E-state index in [0.717, 1.165) is 16.8 Å². The van der Waals surface area contributed by atoms with Crippen molar-refractivity contribution < 1.29 is 14.3 Å². The molecule has 0 aliphatic rings. The molecule has 7 nitrogen and oxygen atoms in total. The zero-order chi connectivity index (χ0) is 25.4. The molecule has 0 bridgehead atoms. The molecule has 0 aromatic heterocycles. The number of amides is 3. The monoisotopic (exact) mass is 474 g/mol. The average Bonchev–Trinajstić information content (AvgIpc) is 2.87. The van der Waals surface area contributed by atoms with Crippen LogP contribution in [-0.4, -0.2) is 44.6 Å². The number of carbonyl (C=O) groups is 2. The van der Waals surface area contributed by atoms with Gasteiger partial charge in [-0.1, -0.05) is 30.3 Å². The molecule has 3 aromatic carbocycles. The molecule has 0 fully saturated rings. The van der Waals surface area contributed by atoms with Gasteiger partial charge in [-0.3, -0.25) is 4.79 Å². The Balaban J connectivity index is 2.01. The van der Waals surface area contributed by atoms with E-state index < -0.39 is 0 Å². The normalized spacial score (nSPS) is 11.3. The summed E-state index contributed by atoms with van der Waals surface area (Å²) in [5.41, 5.74) is 4.18. The molecule has 0 saturated heterocycles. The average molecular weight is 475 g/mol. The van der Waals surface area contributed by atoms with Crippen molar-refractivity contribution in [3.63, 3.8) is 0 Å². The highest BCUT2D eigenvalue weighted by Crippen LogP contribution is 2.30. The van der Waals surface area contributed by atoms with Gasteiger partial charge in [0.15, 0.2) is 0 Å². The molecular weight excluding hydrogens is 440 g/mol. The second kappa shape index (κ2) is 11.9. The van der Waals surface area contributed by atoms with Crippen LogP contribution in [0.25, 0.3) is 0 Å². The van der Waals surface area contributed by atoms with Gasteiger partial charge in [0.05, 0.1) is 13.2 Å². The summed E-state index contributed by atoms with van der Waals surface area (Å²) in [5.74, 6) is 0.610. The van der Waals surface area contributed by atoms with Gasteiger partial charge in [-0.05, 0) is 67.4 Å². The van der Waals surface area contributed by atoms with E-state index in [1.807, 2.05) is 86.3 Å². The van der Waals surface area contributed by atoms with Crippen LogP contribution in [0.2, 0.25) is 0 Å². The fraction of sp³-hybridized carbons (Fsp3) is 0.286. The zero-order valence-electron chi connectivity index (χ0n) is 21.0. The minimum Gasteiger partial charge on any atom is -0.497 e. The van der Waals surface area contributed by atoms with E-state index in [0.29, 0.717) is 30.1 Å². The first-order valence-electron chi connectivity index (χ1n) is 11.7. The Morgan fingerprint density at radius 3 is 2.26 bits per heavy atom. The quantitative estimate of drug-likeness (QED) is 0.441. The van der Waals surface area contributed by atoms with Gasteiger partial charge in [-0.15, -0.1) is 0 Å². The van der Waals surface area contributed by atoms with Crippen molar-refractivity contribution in [3.8, 4) is 5.75 Å². The minimum absolute atomic E-state index is 0.0872. The molecule has 0 aliphatic heterocycles. The lowest BCUT2D eigenvalue weighted by molar-refractivity contribution is 0.0674. The zero-order valence-corrected chi connectivity index (χ0v) is 21.0. The van der Waals surface area contributed by atoms with Crippen LogP contribution in [0.1, 0.15) is 41.4 Å². The van der Waals surface area contributed by atoms with Crippen molar-refractivity contribution in [3.05, 3.63) is 89.5 Å². The lowest BCUT2D eigenvalue weighted by atomic mass is 10.0. The Hall–Kier alpha value is -4.00. The van der Waals surface area contributed by atoms with E-state index in [4.69, 9.17) is 4.74 Å². The van der Waals surface area contributed by atoms with Gasteiger partial charge in [0.1, 0.15) is 5.75 Å². The largest absolute Gasteiger partial charge is 0.497 e. The highest BCUT2D eigenvalue weighted by molar-refractivity contribution is 5.95. The summed E-state index contributed by atoms with van der Waals surface area (Å²) in [6.07, 6.45) is 0. The van der Waals surface area contributed by atoms with E-state index in [9.17, 15) is 9.59 Å². The van der Waals surface area contributed by atoms with E-state index in [1.54, 1.807) is 31.4 Å². The smallest absolute Gasteiger partial charge is 0.319 e. The Morgan fingerprint density at radius 2 is 1.66 bits per heavy atom. The van der Waals surface area contributed by atoms with E-state index in [1.165, 1.54) is 0 Å². The van der Waals surface area contributed by atoms with E-state index in [-0.39, 0.29) is 18.0 Å². The lowest BCUT2D eigenvalue weighted by Crippen LogP contribution is -2.34. The van der Waals surface area contributed by atoms with Crippen LogP contribution in [0.5, 0.6) is 5.75 Å². The van der Waals surface area contributed by atoms with Gasteiger partial charge in [0.25, 0.3) is 5.91 Å². The Labute approximate surface area is 207 Å². The van der Waals surface area contributed by atoms with Crippen molar-refractivity contribution in [1.29, 1.82) is 0 Å².